The van der Waals surface area contributed by atoms with Crippen LogP contribution in [0.15, 0.2) is 24.3 Å². The van der Waals surface area contributed by atoms with Gasteiger partial charge < -0.3 is 9.84 Å². The Bertz CT molecular complexity index is 388. The van der Waals surface area contributed by atoms with Gasteiger partial charge in [0.1, 0.15) is 5.82 Å². The second-order valence-electron chi connectivity index (χ2n) is 4.58. The summed E-state index contributed by atoms with van der Waals surface area (Å²) in [7, 11) is 0. The van der Waals surface area contributed by atoms with Crippen molar-refractivity contribution in [3.05, 3.63) is 35.6 Å². The van der Waals surface area contributed by atoms with Crippen LogP contribution in [-0.4, -0.2) is 17.7 Å². The third kappa shape index (κ3) is 4.15. The van der Waals surface area contributed by atoms with Crippen LogP contribution in [0.25, 0.3) is 0 Å². The summed E-state index contributed by atoms with van der Waals surface area (Å²) in [5, 5.41) is 8.89. The summed E-state index contributed by atoms with van der Waals surface area (Å²) in [4.78, 5) is 10.8. The number of carboxylic acids is 1. The van der Waals surface area contributed by atoms with Crippen LogP contribution in [0.5, 0.6) is 0 Å². The molecule has 0 fully saturated rings. The molecule has 0 amide bonds. The van der Waals surface area contributed by atoms with Gasteiger partial charge in [-0.05, 0) is 26.3 Å². The number of carbonyl (C=O) groups is 1. The maximum absolute atomic E-state index is 13.2. The van der Waals surface area contributed by atoms with Crippen LogP contribution in [0.2, 0.25) is 0 Å². The Hall–Kier alpha value is -1.42. The zero-order valence-electron chi connectivity index (χ0n) is 10.1. The Balaban J connectivity index is 2.35. The lowest BCUT2D eigenvalue weighted by Gasteiger charge is -2.18. The summed E-state index contributed by atoms with van der Waals surface area (Å²) in [5.41, 5.74) is -0.324. The number of halogens is 1. The van der Waals surface area contributed by atoms with Gasteiger partial charge in [0.2, 0.25) is 0 Å². The summed E-state index contributed by atoms with van der Waals surface area (Å²) in [6.07, 6.45) is 0.400. The molecule has 17 heavy (non-hydrogen) atoms. The molecule has 1 aromatic rings. The monoisotopic (exact) mass is 240 g/mol. The first-order chi connectivity index (χ1) is 7.93. The highest BCUT2D eigenvalue weighted by atomic mass is 19.1. The minimum absolute atomic E-state index is 0.169. The molecular formula is C13H17FO3. The molecule has 0 aliphatic heterocycles. The SMILES string of the molecule is CC(C)(CCOCc1ccccc1F)C(=O)O. The van der Waals surface area contributed by atoms with E-state index in [0.717, 1.165) is 0 Å². The third-order valence-electron chi connectivity index (χ3n) is 2.67. The topological polar surface area (TPSA) is 46.5 Å². The van der Waals surface area contributed by atoms with E-state index in [0.29, 0.717) is 18.6 Å². The Labute approximate surface area is 100 Å². The highest BCUT2D eigenvalue weighted by Crippen LogP contribution is 2.20. The van der Waals surface area contributed by atoms with Crippen molar-refractivity contribution in [3.8, 4) is 0 Å². The average molecular weight is 240 g/mol. The smallest absolute Gasteiger partial charge is 0.309 e. The van der Waals surface area contributed by atoms with E-state index in [1.54, 1.807) is 32.0 Å². The molecule has 0 atom stereocenters. The van der Waals surface area contributed by atoms with Gasteiger partial charge >= 0.3 is 5.97 Å². The van der Waals surface area contributed by atoms with Gasteiger partial charge in [0.25, 0.3) is 0 Å². The van der Waals surface area contributed by atoms with Crippen molar-refractivity contribution in [2.24, 2.45) is 5.41 Å². The fraction of sp³-hybridized carbons (Fsp3) is 0.462. The molecule has 0 saturated heterocycles. The van der Waals surface area contributed by atoms with Gasteiger partial charge in [-0.3, -0.25) is 4.79 Å². The molecule has 0 aliphatic rings. The zero-order chi connectivity index (χ0) is 12.9. The van der Waals surface area contributed by atoms with Crippen molar-refractivity contribution in [1.82, 2.24) is 0 Å². The molecule has 1 N–H and O–H groups in total. The fourth-order valence-corrected chi connectivity index (χ4v) is 1.23. The lowest BCUT2D eigenvalue weighted by molar-refractivity contribution is -0.148. The summed E-state index contributed by atoms with van der Waals surface area (Å²) < 4.78 is 18.5. The van der Waals surface area contributed by atoms with Crippen molar-refractivity contribution in [2.75, 3.05) is 6.61 Å². The van der Waals surface area contributed by atoms with Gasteiger partial charge in [-0.25, -0.2) is 4.39 Å². The number of ether oxygens (including phenoxy) is 1. The van der Waals surface area contributed by atoms with Crippen LogP contribution in [0, 0.1) is 11.2 Å². The van der Waals surface area contributed by atoms with Crippen molar-refractivity contribution in [2.45, 2.75) is 26.9 Å². The second kappa shape index (κ2) is 5.77. The van der Waals surface area contributed by atoms with Crippen molar-refractivity contribution >= 4 is 5.97 Å². The molecule has 0 unspecified atom stereocenters. The van der Waals surface area contributed by atoms with Gasteiger partial charge in [-0.15, -0.1) is 0 Å². The van der Waals surface area contributed by atoms with Gasteiger partial charge in [-0.2, -0.15) is 0 Å². The largest absolute Gasteiger partial charge is 0.481 e. The van der Waals surface area contributed by atoms with Crippen LogP contribution in [0.3, 0.4) is 0 Å². The Morgan fingerprint density at radius 1 is 1.41 bits per heavy atom. The minimum Gasteiger partial charge on any atom is -0.481 e. The van der Waals surface area contributed by atoms with E-state index in [-0.39, 0.29) is 12.4 Å². The Kier molecular flexibility index (Phi) is 4.63. The molecule has 3 nitrogen and oxygen atoms in total. The van der Waals surface area contributed by atoms with Crippen molar-refractivity contribution < 1.29 is 19.0 Å². The highest BCUT2D eigenvalue weighted by Gasteiger charge is 2.26. The van der Waals surface area contributed by atoms with Gasteiger partial charge in [0.15, 0.2) is 0 Å². The van der Waals surface area contributed by atoms with Gasteiger partial charge in [0.05, 0.1) is 12.0 Å². The fourth-order valence-electron chi connectivity index (χ4n) is 1.23. The van der Waals surface area contributed by atoms with Crippen LogP contribution in [0.1, 0.15) is 25.8 Å². The minimum atomic E-state index is -0.855. The highest BCUT2D eigenvalue weighted by molar-refractivity contribution is 5.73. The van der Waals surface area contributed by atoms with Crippen LogP contribution < -0.4 is 0 Å². The second-order valence-corrected chi connectivity index (χ2v) is 4.58. The summed E-state index contributed by atoms with van der Waals surface area (Å²) >= 11 is 0. The van der Waals surface area contributed by atoms with E-state index >= 15 is 0 Å². The van der Waals surface area contributed by atoms with E-state index in [2.05, 4.69) is 0 Å². The first-order valence-electron chi connectivity index (χ1n) is 5.48. The number of hydrogen-bond donors (Lipinski definition) is 1. The van der Waals surface area contributed by atoms with E-state index in [1.165, 1.54) is 6.07 Å². The molecule has 0 bridgehead atoms. The molecule has 1 aromatic carbocycles. The normalized spacial score (nSPS) is 11.5. The summed E-state index contributed by atoms with van der Waals surface area (Å²) in [6.45, 7) is 3.75. The molecule has 0 saturated carbocycles. The molecule has 0 heterocycles. The lowest BCUT2D eigenvalue weighted by Crippen LogP contribution is -2.25. The summed E-state index contributed by atoms with van der Waals surface area (Å²) in [5.74, 6) is -1.16. The number of aliphatic carboxylic acids is 1. The van der Waals surface area contributed by atoms with Crippen LogP contribution >= 0.6 is 0 Å². The zero-order valence-corrected chi connectivity index (χ0v) is 10.1. The van der Waals surface area contributed by atoms with Crippen LogP contribution in [0.4, 0.5) is 4.39 Å². The first-order valence-corrected chi connectivity index (χ1v) is 5.48. The third-order valence-corrected chi connectivity index (χ3v) is 2.67. The Morgan fingerprint density at radius 3 is 2.65 bits per heavy atom. The lowest BCUT2D eigenvalue weighted by atomic mass is 9.90. The predicted molar refractivity (Wildman–Crippen MR) is 62.1 cm³/mol. The molecule has 1 rings (SSSR count). The summed E-state index contributed by atoms with van der Waals surface area (Å²) in [6, 6.07) is 6.38. The maximum atomic E-state index is 13.2. The number of rotatable bonds is 6. The van der Waals surface area contributed by atoms with E-state index in [1.807, 2.05) is 0 Å². The van der Waals surface area contributed by atoms with E-state index in [4.69, 9.17) is 9.84 Å². The molecule has 0 spiro atoms. The van der Waals surface area contributed by atoms with Crippen molar-refractivity contribution in [3.63, 3.8) is 0 Å². The molecule has 0 aromatic heterocycles. The predicted octanol–water partition coefficient (Wildman–Crippen LogP) is 2.84. The Morgan fingerprint density at radius 2 is 2.06 bits per heavy atom. The molecule has 4 heteroatoms. The van der Waals surface area contributed by atoms with Gasteiger partial charge in [-0.1, -0.05) is 18.2 Å². The first kappa shape index (κ1) is 13.6. The standard InChI is InChI=1S/C13H17FO3/c1-13(2,12(15)16)7-8-17-9-10-5-3-4-6-11(10)14/h3-6H,7-9H2,1-2H3,(H,15,16). The quantitative estimate of drug-likeness (QED) is 0.778. The molecule has 94 valence electrons. The van der Waals surface area contributed by atoms with E-state index < -0.39 is 11.4 Å². The molecule has 0 radical (unpaired) electrons. The number of hydrogen-bond acceptors (Lipinski definition) is 2. The van der Waals surface area contributed by atoms with E-state index in [9.17, 15) is 9.18 Å². The molecule has 0 aliphatic carbocycles. The number of benzene rings is 1. The number of carboxylic acid groups (broad SMARTS) is 1. The van der Waals surface area contributed by atoms with Gasteiger partial charge in [0, 0.05) is 12.2 Å². The maximum Gasteiger partial charge on any atom is 0.309 e. The van der Waals surface area contributed by atoms with Crippen molar-refractivity contribution in [1.29, 1.82) is 0 Å². The average Bonchev–Trinajstić information content (AvgIpc) is 2.26. The molecular weight excluding hydrogens is 223 g/mol. The van der Waals surface area contributed by atoms with Crippen LogP contribution in [-0.2, 0) is 16.1 Å².